The molecule has 3 rings (SSSR count). The van der Waals surface area contributed by atoms with Crippen LogP contribution in [0, 0.1) is 22.7 Å². The van der Waals surface area contributed by atoms with E-state index < -0.39 is 0 Å². The van der Waals surface area contributed by atoms with Crippen molar-refractivity contribution < 1.29 is 0 Å². The average Bonchev–Trinajstić information content (AvgIpc) is 3.03. The zero-order valence-electron chi connectivity index (χ0n) is 12.6. The van der Waals surface area contributed by atoms with E-state index in [2.05, 4.69) is 13.8 Å². The topological polar surface area (TPSA) is 0 Å². The molecule has 0 atom stereocenters. The van der Waals surface area contributed by atoms with E-state index in [1.165, 1.54) is 38.5 Å². The molecule has 0 aliphatic heterocycles. The predicted octanol–water partition coefficient (Wildman–Crippen LogP) is 5.95. The average molecular weight is 248 g/mol. The monoisotopic (exact) mass is 248 g/mol. The zero-order valence-corrected chi connectivity index (χ0v) is 12.6. The first-order valence-corrected chi connectivity index (χ1v) is 8.62. The molecule has 0 bridgehead atoms. The Morgan fingerprint density at radius 3 is 1.39 bits per heavy atom. The highest BCUT2D eigenvalue weighted by Crippen LogP contribution is 2.60. The molecule has 0 spiro atoms. The second-order valence-corrected chi connectivity index (χ2v) is 8.36. The maximum Gasteiger partial charge on any atom is -0.0240 e. The molecule has 0 N–H and O–H groups in total. The first-order chi connectivity index (χ1) is 8.62. The van der Waals surface area contributed by atoms with E-state index in [4.69, 9.17) is 0 Å². The Morgan fingerprint density at radius 2 is 1.00 bits per heavy atom. The third-order valence-electron chi connectivity index (χ3n) is 6.87. The SMILES string of the molecule is CC1(C)CCC(C2CCCC2)(C2CCCC2)CC1. The molecule has 0 heterocycles. The van der Waals surface area contributed by atoms with Crippen molar-refractivity contribution in [3.63, 3.8) is 0 Å². The van der Waals surface area contributed by atoms with Crippen LogP contribution in [-0.2, 0) is 0 Å². The Morgan fingerprint density at radius 1 is 0.611 bits per heavy atom. The van der Waals surface area contributed by atoms with Gasteiger partial charge in [0.05, 0.1) is 0 Å². The highest BCUT2D eigenvalue weighted by molar-refractivity contribution is 4.99. The summed E-state index contributed by atoms with van der Waals surface area (Å²) in [5.41, 5.74) is 1.43. The summed E-state index contributed by atoms with van der Waals surface area (Å²) in [7, 11) is 0. The summed E-state index contributed by atoms with van der Waals surface area (Å²) >= 11 is 0. The maximum absolute atomic E-state index is 2.50. The van der Waals surface area contributed by atoms with Gasteiger partial charge in [-0.3, -0.25) is 0 Å². The summed E-state index contributed by atoms with van der Waals surface area (Å²) in [6, 6.07) is 0. The van der Waals surface area contributed by atoms with E-state index in [1.54, 1.807) is 38.5 Å². The van der Waals surface area contributed by atoms with Crippen molar-refractivity contribution in [1.82, 2.24) is 0 Å². The van der Waals surface area contributed by atoms with Crippen LogP contribution in [-0.4, -0.2) is 0 Å². The molecule has 0 aromatic heterocycles. The summed E-state index contributed by atoms with van der Waals surface area (Å²) in [5.74, 6) is 2.22. The number of hydrogen-bond donors (Lipinski definition) is 0. The van der Waals surface area contributed by atoms with Crippen molar-refractivity contribution in [1.29, 1.82) is 0 Å². The van der Waals surface area contributed by atoms with Gasteiger partial charge in [0, 0.05) is 0 Å². The van der Waals surface area contributed by atoms with Gasteiger partial charge in [0.2, 0.25) is 0 Å². The second-order valence-electron chi connectivity index (χ2n) is 8.36. The van der Waals surface area contributed by atoms with Gasteiger partial charge in [-0.1, -0.05) is 39.5 Å². The molecule has 0 saturated heterocycles. The Hall–Kier alpha value is 0. The molecule has 3 saturated carbocycles. The normalized spacial score (nSPS) is 33.0. The molecule has 0 nitrogen and oxygen atoms in total. The molecule has 3 fully saturated rings. The Balaban J connectivity index is 1.79. The van der Waals surface area contributed by atoms with Gasteiger partial charge in [-0.2, -0.15) is 0 Å². The molecule has 0 amide bonds. The molecule has 0 heteroatoms. The minimum absolute atomic E-state index is 0.640. The van der Waals surface area contributed by atoms with Crippen molar-refractivity contribution in [3.05, 3.63) is 0 Å². The van der Waals surface area contributed by atoms with E-state index in [-0.39, 0.29) is 0 Å². The highest BCUT2D eigenvalue weighted by Gasteiger charge is 2.49. The molecule has 0 aromatic carbocycles. The van der Waals surface area contributed by atoms with Crippen molar-refractivity contribution in [2.24, 2.45) is 22.7 Å². The third kappa shape index (κ3) is 2.25. The van der Waals surface area contributed by atoms with E-state index in [1.807, 2.05) is 0 Å². The van der Waals surface area contributed by atoms with Crippen molar-refractivity contribution in [3.8, 4) is 0 Å². The van der Waals surface area contributed by atoms with Crippen LogP contribution in [0.25, 0.3) is 0 Å². The van der Waals surface area contributed by atoms with Gasteiger partial charge in [-0.25, -0.2) is 0 Å². The van der Waals surface area contributed by atoms with Crippen LogP contribution in [0.3, 0.4) is 0 Å². The highest BCUT2D eigenvalue weighted by atomic mass is 14.5. The first-order valence-electron chi connectivity index (χ1n) is 8.62. The van der Waals surface area contributed by atoms with Crippen LogP contribution >= 0.6 is 0 Å². The lowest BCUT2D eigenvalue weighted by atomic mass is 9.54. The lowest BCUT2D eigenvalue weighted by molar-refractivity contribution is -0.00811. The quantitative estimate of drug-likeness (QED) is 0.566. The standard InChI is InChI=1S/C18H32/c1-17(2)11-13-18(14-12-17,15-7-3-4-8-15)16-9-5-6-10-16/h15-16H,3-14H2,1-2H3. The summed E-state index contributed by atoms with van der Waals surface area (Å²) < 4.78 is 0. The largest absolute Gasteiger partial charge is 0.0599 e. The summed E-state index contributed by atoms with van der Waals surface area (Å²) in [6.07, 6.45) is 18.5. The smallest absolute Gasteiger partial charge is 0.0240 e. The summed E-state index contributed by atoms with van der Waals surface area (Å²) in [6.45, 7) is 5.00. The van der Waals surface area contributed by atoms with Crippen LogP contribution in [0.4, 0.5) is 0 Å². The second kappa shape index (κ2) is 4.84. The van der Waals surface area contributed by atoms with Crippen LogP contribution in [0.2, 0.25) is 0 Å². The first kappa shape index (κ1) is 13.0. The van der Waals surface area contributed by atoms with Gasteiger partial charge in [0.25, 0.3) is 0 Å². The molecule has 18 heavy (non-hydrogen) atoms. The van der Waals surface area contributed by atoms with Crippen molar-refractivity contribution in [2.45, 2.75) is 90.9 Å². The number of rotatable bonds is 2. The van der Waals surface area contributed by atoms with Crippen LogP contribution in [0.1, 0.15) is 90.9 Å². The van der Waals surface area contributed by atoms with E-state index in [0.29, 0.717) is 5.41 Å². The fourth-order valence-electron chi connectivity index (χ4n) is 5.54. The van der Waals surface area contributed by atoms with Crippen LogP contribution < -0.4 is 0 Å². The summed E-state index contributed by atoms with van der Waals surface area (Å²) in [5, 5.41) is 0. The minimum atomic E-state index is 0.640. The van der Waals surface area contributed by atoms with Gasteiger partial charge in [0.15, 0.2) is 0 Å². The molecule has 0 aromatic rings. The molecule has 3 aliphatic carbocycles. The van der Waals surface area contributed by atoms with Gasteiger partial charge in [-0.05, 0) is 74.0 Å². The van der Waals surface area contributed by atoms with Crippen molar-refractivity contribution >= 4 is 0 Å². The lowest BCUT2D eigenvalue weighted by Gasteiger charge is -2.51. The zero-order chi connectivity index (χ0) is 12.6. The predicted molar refractivity (Wildman–Crippen MR) is 78.6 cm³/mol. The molecular formula is C18H32. The fourth-order valence-corrected chi connectivity index (χ4v) is 5.54. The Kier molecular flexibility index (Phi) is 3.49. The van der Waals surface area contributed by atoms with E-state index in [0.717, 1.165) is 17.3 Å². The molecule has 0 radical (unpaired) electrons. The van der Waals surface area contributed by atoms with Crippen LogP contribution in [0.15, 0.2) is 0 Å². The molecule has 104 valence electrons. The van der Waals surface area contributed by atoms with E-state index >= 15 is 0 Å². The Bertz CT molecular complexity index is 248. The van der Waals surface area contributed by atoms with Gasteiger partial charge in [0.1, 0.15) is 0 Å². The van der Waals surface area contributed by atoms with Crippen molar-refractivity contribution in [2.75, 3.05) is 0 Å². The Labute approximate surface area is 114 Å². The lowest BCUT2D eigenvalue weighted by Crippen LogP contribution is -2.41. The van der Waals surface area contributed by atoms with Gasteiger partial charge in [-0.15, -0.1) is 0 Å². The third-order valence-corrected chi connectivity index (χ3v) is 6.87. The molecule has 3 aliphatic rings. The molecule has 0 unspecified atom stereocenters. The molecular weight excluding hydrogens is 216 g/mol. The maximum atomic E-state index is 2.50. The van der Waals surface area contributed by atoms with Crippen LogP contribution in [0.5, 0.6) is 0 Å². The fraction of sp³-hybridized carbons (Fsp3) is 1.00. The van der Waals surface area contributed by atoms with E-state index in [9.17, 15) is 0 Å². The van der Waals surface area contributed by atoms with Gasteiger partial charge >= 0.3 is 0 Å². The number of hydrogen-bond acceptors (Lipinski definition) is 0. The van der Waals surface area contributed by atoms with Gasteiger partial charge < -0.3 is 0 Å². The minimum Gasteiger partial charge on any atom is -0.0599 e. The summed E-state index contributed by atoms with van der Waals surface area (Å²) in [4.78, 5) is 0.